The zero-order valence-corrected chi connectivity index (χ0v) is 17.4. The molecule has 7 heteroatoms. The largest absolute Gasteiger partial charge is 0.492 e. The summed E-state index contributed by atoms with van der Waals surface area (Å²) < 4.78 is 13.7. The standard InChI is InChI=1S/C24H27N3O4/c28-24(29)11-8-18-5-1-2-6-19(18)13-16-30-20-9-10-21(25-17-20)22-12-14-26-27(22)23-7-3-4-15-31-23/h1-2,5-6,9-10,12,14,17,23H,3-4,7-8,11,13,15-16H2,(H,28,29). The lowest BCUT2D eigenvalue weighted by Gasteiger charge is -2.24. The number of carboxylic acid groups (broad SMARTS) is 1. The highest BCUT2D eigenvalue weighted by molar-refractivity contribution is 5.67. The number of carbonyl (C=O) groups is 1. The molecule has 1 aliphatic heterocycles. The number of pyridine rings is 1. The molecule has 1 aliphatic rings. The normalized spacial score (nSPS) is 16.2. The Balaban J connectivity index is 1.35. The van der Waals surface area contributed by atoms with Crippen molar-refractivity contribution in [3.63, 3.8) is 0 Å². The van der Waals surface area contributed by atoms with Crippen LogP contribution in [0.25, 0.3) is 11.4 Å². The minimum Gasteiger partial charge on any atom is -0.492 e. The van der Waals surface area contributed by atoms with E-state index in [1.165, 1.54) is 0 Å². The van der Waals surface area contributed by atoms with E-state index in [1.807, 2.05) is 47.1 Å². The van der Waals surface area contributed by atoms with E-state index in [0.29, 0.717) is 25.2 Å². The summed E-state index contributed by atoms with van der Waals surface area (Å²) >= 11 is 0. The van der Waals surface area contributed by atoms with Crippen molar-refractivity contribution < 1.29 is 19.4 Å². The molecule has 0 bridgehead atoms. The fraction of sp³-hybridized carbons (Fsp3) is 0.375. The molecule has 4 rings (SSSR count). The summed E-state index contributed by atoms with van der Waals surface area (Å²) in [6.45, 7) is 1.27. The van der Waals surface area contributed by atoms with E-state index in [4.69, 9.17) is 14.6 Å². The van der Waals surface area contributed by atoms with E-state index in [1.54, 1.807) is 12.4 Å². The van der Waals surface area contributed by atoms with Gasteiger partial charge >= 0.3 is 5.97 Å². The smallest absolute Gasteiger partial charge is 0.303 e. The Hall–Kier alpha value is -3.19. The highest BCUT2D eigenvalue weighted by Gasteiger charge is 2.20. The molecule has 1 saturated heterocycles. The third-order valence-corrected chi connectivity index (χ3v) is 5.46. The third-order valence-electron chi connectivity index (χ3n) is 5.46. The van der Waals surface area contributed by atoms with Gasteiger partial charge in [0.1, 0.15) is 5.75 Å². The molecule has 0 spiro atoms. The predicted octanol–water partition coefficient (Wildman–Crippen LogP) is 4.28. The average molecular weight is 421 g/mol. The first kappa shape index (κ1) is 21.1. The molecule has 1 atom stereocenters. The minimum atomic E-state index is -0.784. The van der Waals surface area contributed by atoms with Gasteiger partial charge in [0.05, 0.1) is 24.2 Å². The molecule has 1 unspecified atom stereocenters. The van der Waals surface area contributed by atoms with E-state index < -0.39 is 5.97 Å². The van der Waals surface area contributed by atoms with Gasteiger partial charge in [0, 0.05) is 25.6 Å². The van der Waals surface area contributed by atoms with Crippen molar-refractivity contribution in [2.75, 3.05) is 13.2 Å². The van der Waals surface area contributed by atoms with E-state index in [0.717, 1.165) is 48.4 Å². The van der Waals surface area contributed by atoms with Crippen LogP contribution in [0.5, 0.6) is 5.75 Å². The number of nitrogens with zero attached hydrogens (tertiary/aromatic N) is 3. The number of benzene rings is 1. The van der Waals surface area contributed by atoms with Gasteiger partial charge in [-0.2, -0.15) is 5.10 Å². The van der Waals surface area contributed by atoms with Crippen LogP contribution in [0, 0.1) is 0 Å². The Labute approximate surface area is 181 Å². The van der Waals surface area contributed by atoms with Crippen LogP contribution in [0.2, 0.25) is 0 Å². The van der Waals surface area contributed by atoms with Crippen LogP contribution in [0.1, 0.15) is 43.0 Å². The van der Waals surface area contributed by atoms with Crippen molar-refractivity contribution in [1.82, 2.24) is 14.8 Å². The molecule has 3 heterocycles. The van der Waals surface area contributed by atoms with E-state index in [9.17, 15) is 4.79 Å². The number of hydrogen-bond donors (Lipinski definition) is 1. The first-order valence-electron chi connectivity index (χ1n) is 10.7. The van der Waals surface area contributed by atoms with Crippen molar-refractivity contribution in [2.45, 2.75) is 44.8 Å². The minimum absolute atomic E-state index is 0.0299. The summed E-state index contributed by atoms with van der Waals surface area (Å²) in [5, 5.41) is 13.4. The number of carboxylic acids is 1. The van der Waals surface area contributed by atoms with Gasteiger partial charge in [-0.15, -0.1) is 0 Å². The summed E-state index contributed by atoms with van der Waals surface area (Å²) in [7, 11) is 0. The monoisotopic (exact) mass is 421 g/mol. The van der Waals surface area contributed by atoms with Crippen LogP contribution >= 0.6 is 0 Å². The molecular formula is C24H27N3O4. The summed E-state index contributed by atoms with van der Waals surface area (Å²) in [4.78, 5) is 15.4. The van der Waals surface area contributed by atoms with Crippen molar-refractivity contribution in [3.05, 3.63) is 66.0 Å². The van der Waals surface area contributed by atoms with Crippen molar-refractivity contribution >= 4 is 5.97 Å². The number of aryl methyl sites for hydroxylation is 1. The Bertz CT molecular complexity index is 994. The topological polar surface area (TPSA) is 86.5 Å². The lowest BCUT2D eigenvalue weighted by atomic mass is 10.0. The number of aliphatic carboxylic acids is 1. The van der Waals surface area contributed by atoms with Gasteiger partial charge in [0.15, 0.2) is 6.23 Å². The molecule has 1 fully saturated rings. The van der Waals surface area contributed by atoms with Gasteiger partial charge in [-0.3, -0.25) is 9.78 Å². The summed E-state index contributed by atoms with van der Waals surface area (Å²) in [6, 6.07) is 13.7. The molecule has 3 aromatic rings. The molecule has 1 aromatic carbocycles. The summed E-state index contributed by atoms with van der Waals surface area (Å²) in [5.41, 5.74) is 3.94. The summed E-state index contributed by atoms with van der Waals surface area (Å²) in [5.74, 6) is -0.0830. The van der Waals surface area contributed by atoms with Crippen LogP contribution < -0.4 is 4.74 Å². The second kappa shape index (κ2) is 10.2. The number of ether oxygens (including phenoxy) is 2. The molecule has 0 radical (unpaired) electrons. The van der Waals surface area contributed by atoms with E-state index >= 15 is 0 Å². The number of aromatic nitrogens is 3. The Kier molecular flexibility index (Phi) is 6.94. The molecular weight excluding hydrogens is 394 g/mol. The summed E-state index contributed by atoms with van der Waals surface area (Å²) in [6.07, 6.45) is 8.05. The molecule has 7 nitrogen and oxygen atoms in total. The van der Waals surface area contributed by atoms with Crippen LogP contribution in [-0.2, 0) is 22.4 Å². The maximum absolute atomic E-state index is 10.9. The van der Waals surface area contributed by atoms with Gasteiger partial charge < -0.3 is 14.6 Å². The zero-order valence-electron chi connectivity index (χ0n) is 17.4. The average Bonchev–Trinajstić information content (AvgIpc) is 3.29. The molecule has 0 aliphatic carbocycles. The molecule has 0 amide bonds. The zero-order chi connectivity index (χ0) is 21.5. The lowest BCUT2D eigenvalue weighted by molar-refractivity contribution is -0.136. The highest BCUT2D eigenvalue weighted by Crippen LogP contribution is 2.28. The van der Waals surface area contributed by atoms with Crippen LogP contribution in [0.15, 0.2) is 54.9 Å². The van der Waals surface area contributed by atoms with Crippen molar-refractivity contribution in [1.29, 1.82) is 0 Å². The second-order valence-electron chi connectivity index (χ2n) is 7.62. The fourth-order valence-corrected chi connectivity index (χ4v) is 3.85. The Morgan fingerprint density at radius 3 is 2.68 bits per heavy atom. The SMILES string of the molecule is O=C(O)CCc1ccccc1CCOc1ccc(-c2ccnn2C2CCCCO2)nc1. The first-order valence-corrected chi connectivity index (χ1v) is 10.7. The van der Waals surface area contributed by atoms with E-state index in [2.05, 4.69) is 10.1 Å². The molecule has 2 aromatic heterocycles. The van der Waals surface area contributed by atoms with Crippen molar-refractivity contribution in [2.24, 2.45) is 0 Å². The Morgan fingerprint density at radius 2 is 1.97 bits per heavy atom. The van der Waals surface area contributed by atoms with E-state index in [-0.39, 0.29) is 12.6 Å². The van der Waals surface area contributed by atoms with Crippen molar-refractivity contribution in [3.8, 4) is 17.1 Å². The second-order valence-corrected chi connectivity index (χ2v) is 7.62. The number of hydrogen-bond acceptors (Lipinski definition) is 5. The van der Waals surface area contributed by atoms with Gasteiger partial charge in [-0.1, -0.05) is 24.3 Å². The maximum atomic E-state index is 10.9. The van der Waals surface area contributed by atoms with Crippen LogP contribution in [0.3, 0.4) is 0 Å². The lowest BCUT2D eigenvalue weighted by Crippen LogP contribution is -2.20. The van der Waals surface area contributed by atoms with Crippen LogP contribution in [0.4, 0.5) is 0 Å². The predicted molar refractivity (Wildman–Crippen MR) is 116 cm³/mol. The van der Waals surface area contributed by atoms with Gasteiger partial charge in [-0.25, -0.2) is 4.68 Å². The molecule has 162 valence electrons. The quantitative estimate of drug-likeness (QED) is 0.555. The molecule has 0 saturated carbocycles. The molecule has 1 N–H and O–H groups in total. The van der Waals surface area contributed by atoms with Crippen LogP contribution in [-0.4, -0.2) is 39.1 Å². The molecule has 31 heavy (non-hydrogen) atoms. The fourth-order valence-electron chi connectivity index (χ4n) is 3.85. The maximum Gasteiger partial charge on any atom is 0.303 e. The first-order chi connectivity index (χ1) is 15.2. The van der Waals surface area contributed by atoms with Gasteiger partial charge in [0.2, 0.25) is 0 Å². The van der Waals surface area contributed by atoms with Gasteiger partial charge in [0.25, 0.3) is 0 Å². The highest BCUT2D eigenvalue weighted by atomic mass is 16.5. The third kappa shape index (κ3) is 5.49. The number of rotatable bonds is 9. The van der Waals surface area contributed by atoms with Gasteiger partial charge in [-0.05, 0) is 55.0 Å². The Morgan fingerprint density at radius 1 is 1.13 bits per heavy atom.